The molecule has 0 bridgehead atoms. The average molecular weight is 301 g/mol. The van der Waals surface area contributed by atoms with E-state index in [1.54, 1.807) is 10.9 Å². The van der Waals surface area contributed by atoms with Gasteiger partial charge < -0.3 is 9.88 Å². The molecule has 20 heavy (non-hydrogen) atoms. The van der Waals surface area contributed by atoms with Crippen LogP contribution in [-0.4, -0.2) is 48.1 Å². The fourth-order valence-electron chi connectivity index (χ4n) is 1.93. The van der Waals surface area contributed by atoms with Crippen LogP contribution in [0, 0.1) is 0 Å². The number of hydrogen-bond donors (Lipinski definition) is 2. The lowest BCUT2D eigenvalue weighted by molar-refractivity contribution is 0.571. The van der Waals surface area contributed by atoms with E-state index in [9.17, 15) is 8.42 Å². The molecule has 1 aromatic heterocycles. The van der Waals surface area contributed by atoms with Crippen LogP contribution in [0.5, 0.6) is 0 Å². The number of nitrogens with zero attached hydrogens (tertiary/aromatic N) is 3. The van der Waals surface area contributed by atoms with E-state index < -0.39 is 10.0 Å². The standard InChI is InChI=1S/C12H23N5O2S/c1-17-10-14-16-12(17)6-8-15-20(18,19)9-3-2-7-13-11-4-5-11/h10-11,13,15H,2-9H2,1H3. The van der Waals surface area contributed by atoms with Crippen LogP contribution in [0.1, 0.15) is 31.5 Å². The predicted molar refractivity (Wildman–Crippen MR) is 76.8 cm³/mol. The van der Waals surface area contributed by atoms with E-state index in [2.05, 4.69) is 20.2 Å². The Bertz CT molecular complexity index is 510. The molecule has 2 N–H and O–H groups in total. The molecule has 0 aromatic carbocycles. The number of nitrogens with one attached hydrogen (secondary N) is 2. The summed E-state index contributed by atoms with van der Waals surface area (Å²) in [5, 5.41) is 11.0. The second-order valence-electron chi connectivity index (χ2n) is 5.26. The first kappa shape index (κ1) is 15.4. The Morgan fingerprint density at radius 2 is 2.15 bits per heavy atom. The second-order valence-corrected chi connectivity index (χ2v) is 7.18. The van der Waals surface area contributed by atoms with Gasteiger partial charge in [-0.2, -0.15) is 0 Å². The number of sulfonamides is 1. The van der Waals surface area contributed by atoms with Crippen LogP contribution in [0.15, 0.2) is 6.33 Å². The van der Waals surface area contributed by atoms with Gasteiger partial charge in [-0.3, -0.25) is 0 Å². The number of hydrogen-bond acceptors (Lipinski definition) is 5. The number of rotatable bonds is 10. The third kappa shape index (κ3) is 5.56. The van der Waals surface area contributed by atoms with Crippen molar-refractivity contribution in [2.24, 2.45) is 7.05 Å². The van der Waals surface area contributed by atoms with Crippen LogP contribution in [0.3, 0.4) is 0 Å². The minimum Gasteiger partial charge on any atom is -0.321 e. The van der Waals surface area contributed by atoms with Crippen LogP contribution in [0.25, 0.3) is 0 Å². The van der Waals surface area contributed by atoms with E-state index >= 15 is 0 Å². The van der Waals surface area contributed by atoms with Gasteiger partial charge >= 0.3 is 0 Å². The molecule has 1 heterocycles. The van der Waals surface area contributed by atoms with Gasteiger partial charge in [0.15, 0.2) is 0 Å². The van der Waals surface area contributed by atoms with Gasteiger partial charge in [-0.1, -0.05) is 0 Å². The van der Waals surface area contributed by atoms with Crippen molar-refractivity contribution in [1.82, 2.24) is 24.8 Å². The molecule has 1 aromatic rings. The molecule has 0 atom stereocenters. The molecular formula is C12H23N5O2S. The topological polar surface area (TPSA) is 88.9 Å². The summed E-state index contributed by atoms with van der Waals surface area (Å²) >= 11 is 0. The quantitative estimate of drug-likeness (QED) is 0.585. The first-order valence-corrected chi connectivity index (χ1v) is 8.76. The molecule has 1 aliphatic rings. The molecule has 114 valence electrons. The smallest absolute Gasteiger partial charge is 0.211 e. The molecule has 0 amide bonds. The first-order valence-electron chi connectivity index (χ1n) is 7.10. The maximum atomic E-state index is 11.8. The van der Waals surface area contributed by atoms with Crippen molar-refractivity contribution in [3.05, 3.63) is 12.2 Å². The Balaban J connectivity index is 1.56. The largest absolute Gasteiger partial charge is 0.321 e. The lowest BCUT2D eigenvalue weighted by atomic mass is 10.3. The highest BCUT2D eigenvalue weighted by Gasteiger charge is 2.19. The Morgan fingerprint density at radius 3 is 2.80 bits per heavy atom. The van der Waals surface area contributed by atoms with Gasteiger partial charge in [-0.25, -0.2) is 13.1 Å². The monoisotopic (exact) mass is 301 g/mol. The molecule has 0 spiro atoms. The van der Waals surface area contributed by atoms with Crippen LogP contribution in [-0.2, 0) is 23.5 Å². The fourth-order valence-corrected chi connectivity index (χ4v) is 3.08. The van der Waals surface area contributed by atoms with Crippen molar-refractivity contribution in [2.75, 3.05) is 18.8 Å². The predicted octanol–water partition coefficient (Wildman–Crippen LogP) is -0.191. The lowest BCUT2D eigenvalue weighted by Gasteiger charge is -2.07. The van der Waals surface area contributed by atoms with Crippen molar-refractivity contribution in [3.8, 4) is 0 Å². The van der Waals surface area contributed by atoms with Gasteiger partial charge in [0, 0.05) is 26.1 Å². The zero-order chi connectivity index (χ0) is 14.4. The van der Waals surface area contributed by atoms with Crippen molar-refractivity contribution in [2.45, 2.75) is 38.1 Å². The third-order valence-corrected chi connectivity index (χ3v) is 4.80. The highest BCUT2D eigenvalue weighted by Crippen LogP contribution is 2.18. The van der Waals surface area contributed by atoms with Crippen molar-refractivity contribution >= 4 is 10.0 Å². The minimum absolute atomic E-state index is 0.193. The van der Waals surface area contributed by atoms with Crippen LogP contribution in [0.2, 0.25) is 0 Å². The summed E-state index contributed by atoms with van der Waals surface area (Å²) in [5.74, 6) is 0.972. The van der Waals surface area contributed by atoms with E-state index in [-0.39, 0.29) is 5.75 Å². The molecular weight excluding hydrogens is 278 g/mol. The molecule has 7 nitrogen and oxygen atoms in total. The normalized spacial score (nSPS) is 15.7. The van der Waals surface area contributed by atoms with Crippen LogP contribution >= 0.6 is 0 Å². The third-order valence-electron chi connectivity index (χ3n) is 3.33. The summed E-state index contributed by atoms with van der Waals surface area (Å²) in [7, 11) is -1.32. The van der Waals surface area contributed by atoms with E-state index in [4.69, 9.17) is 0 Å². The molecule has 0 unspecified atom stereocenters. The van der Waals surface area contributed by atoms with Gasteiger partial charge in [0.2, 0.25) is 10.0 Å². The Morgan fingerprint density at radius 1 is 1.35 bits per heavy atom. The van der Waals surface area contributed by atoms with Crippen LogP contribution in [0.4, 0.5) is 0 Å². The molecule has 8 heteroatoms. The van der Waals surface area contributed by atoms with Gasteiger partial charge in [-0.05, 0) is 32.2 Å². The average Bonchev–Trinajstić information content (AvgIpc) is 3.12. The summed E-state index contributed by atoms with van der Waals surface area (Å²) in [6.45, 7) is 1.29. The van der Waals surface area contributed by atoms with Crippen molar-refractivity contribution < 1.29 is 8.42 Å². The fraction of sp³-hybridized carbons (Fsp3) is 0.833. The number of aromatic nitrogens is 3. The van der Waals surface area contributed by atoms with Gasteiger partial charge in [0.25, 0.3) is 0 Å². The molecule has 0 saturated heterocycles. The summed E-state index contributed by atoms with van der Waals surface area (Å²) in [6.07, 6.45) is 6.29. The zero-order valence-electron chi connectivity index (χ0n) is 11.9. The second kappa shape index (κ2) is 7.14. The van der Waals surface area contributed by atoms with Crippen molar-refractivity contribution in [3.63, 3.8) is 0 Å². The molecule has 1 saturated carbocycles. The Labute approximate surface area is 120 Å². The van der Waals surface area contributed by atoms with Crippen LogP contribution < -0.4 is 10.0 Å². The van der Waals surface area contributed by atoms with E-state index in [0.717, 1.165) is 18.8 Å². The van der Waals surface area contributed by atoms with E-state index in [1.165, 1.54) is 12.8 Å². The molecule has 1 fully saturated rings. The maximum Gasteiger partial charge on any atom is 0.211 e. The van der Waals surface area contributed by atoms with Crippen molar-refractivity contribution in [1.29, 1.82) is 0 Å². The number of aryl methyl sites for hydroxylation is 1. The van der Waals surface area contributed by atoms with E-state index in [1.807, 2.05) is 7.05 Å². The molecule has 1 aliphatic carbocycles. The highest BCUT2D eigenvalue weighted by molar-refractivity contribution is 7.89. The summed E-state index contributed by atoms with van der Waals surface area (Å²) in [5.41, 5.74) is 0. The SMILES string of the molecule is Cn1cnnc1CCNS(=O)(=O)CCCCNC1CC1. The first-order chi connectivity index (χ1) is 9.57. The summed E-state index contributed by atoms with van der Waals surface area (Å²) in [4.78, 5) is 0. The minimum atomic E-state index is -3.17. The molecule has 0 aliphatic heterocycles. The lowest BCUT2D eigenvalue weighted by Crippen LogP contribution is -2.29. The Kier molecular flexibility index (Phi) is 5.50. The highest BCUT2D eigenvalue weighted by atomic mass is 32.2. The van der Waals surface area contributed by atoms with Gasteiger partial charge in [-0.15, -0.1) is 10.2 Å². The van der Waals surface area contributed by atoms with Gasteiger partial charge in [0.1, 0.15) is 12.2 Å². The summed E-state index contributed by atoms with van der Waals surface area (Å²) < 4.78 is 28.0. The molecule has 0 radical (unpaired) electrons. The number of unbranched alkanes of at least 4 members (excludes halogenated alkanes) is 1. The summed E-state index contributed by atoms with van der Waals surface area (Å²) in [6, 6.07) is 0.691. The zero-order valence-corrected chi connectivity index (χ0v) is 12.7. The Hall–Kier alpha value is -0.990. The maximum absolute atomic E-state index is 11.8. The molecule has 2 rings (SSSR count). The van der Waals surface area contributed by atoms with Gasteiger partial charge in [0.05, 0.1) is 5.75 Å². The van der Waals surface area contributed by atoms with E-state index in [0.29, 0.717) is 25.4 Å².